The van der Waals surface area contributed by atoms with Gasteiger partial charge in [-0.15, -0.1) is 0 Å². The van der Waals surface area contributed by atoms with Crippen LogP contribution in [0.4, 0.5) is 9.18 Å². The zero-order valence-electron chi connectivity index (χ0n) is 23.3. The van der Waals surface area contributed by atoms with Crippen molar-refractivity contribution in [1.29, 1.82) is 0 Å². The Morgan fingerprint density at radius 2 is 1.63 bits per heavy atom. The van der Waals surface area contributed by atoms with Crippen molar-refractivity contribution in [3.63, 3.8) is 0 Å². The van der Waals surface area contributed by atoms with Crippen LogP contribution >= 0.6 is 0 Å². The Labute approximate surface area is 225 Å². The zero-order chi connectivity index (χ0) is 28.4. The van der Waals surface area contributed by atoms with Crippen LogP contribution < -0.4 is 15.4 Å². The van der Waals surface area contributed by atoms with Crippen molar-refractivity contribution in [2.45, 2.75) is 89.7 Å². The number of rotatable bonds is 9. The standard InChI is InChI=1S/C28H41FN2O6S/c1-25(2,3)23(32)31-28-13-11-27(18-28,12-14-28)19-38(34,35)22-9-7-21(8-10-22)36-17-20(15-29)16-30-24(33)37-26(4,5)6/h7-10,15H,11-14,16-19H2,1-6H3,(H,30,33)(H,31,32)/b20-15+. The molecule has 0 aromatic heterocycles. The van der Waals surface area contributed by atoms with Gasteiger partial charge in [0, 0.05) is 23.1 Å². The molecule has 8 nitrogen and oxygen atoms in total. The average molecular weight is 553 g/mol. The van der Waals surface area contributed by atoms with E-state index in [0.717, 1.165) is 25.7 Å². The zero-order valence-corrected chi connectivity index (χ0v) is 24.1. The van der Waals surface area contributed by atoms with Crippen molar-refractivity contribution in [1.82, 2.24) is 10.6 Å². The summed E-state index contributed by atoms with van der Waals surface area (Å²) in [5.41, 5.74) is -1.61. The van der Waals surface area contributed by atoms with Crippen molar-refractivity contribution in [2.75, 3.05) is 18.9 Å². The van der Waals surface area contributed by atoms with Gasteiger partial charge in [0.1, 0.15) is 18.0 Å². The third-order valence-electron chi connectivity index (χ3n) is 7.16. The fourth-order valence-electron chi connectivity index (χ4n) is 5.15. The van der Waals surface area contributed by atoms with Crippen molar-refractivity contribution in [2.24, 2.45) is 10.8 Å². The third-order valence-corrected chi connectivity index (χ3v) is 9.14. The Bertz CT molecular complexity index is 1160. The molecule has 2 bridgehead atoms. The molecule has 0 saturated heterocycles. The van der Waals surface area contributed by atoms with Crippen LogP contribution in [-0.2, 0) is 19.4 Å². The molecule has 2 amide bonds. The number of fused-ring (bicyclic) bond motifs is 2. The van der Waals surface area contributed by atoms with E-state index in [-0.39, 0.29) is 46.2 Å². The van der Waals surface area contributed by atoms with Crippen LogP contribution in [0, 0.1) is 10.8 Å². The molecule has 38 heavy (non-hydrogen) atoms. The van der Waals surface area contributed by atoms with Crippen molar-refractivity contribution in [3.05, 3.63) is 36.2 Å². The first-order chi connectivity index (χ1) is 17.5. The number of alkyl carbamates (subject to hydrolysis) is 1. The van der Waals surface area contributed by atoms with E-state index < -0.39 is 26.9 Å². The molecule has 2 aliphatic carbocycles. The van der Waals surface area contributed by atoms with E-state index in [1.54, 1.807) is 32.9 Å². The largest absolute Gasteiger partial charge is 0.489 e. The fourth-order valence-corrected chi connectivity index (χ4v) is 7.06. The van der Waals surface area contributed by atoms with E-state index in [2.05, 4.69) is 10.6 Å². The highest BCUT2D eigenvalue weighted by molar-refractivity contribution is 7.91. The lowest BCUT2D eigenvalue weighted by atomic mass is 9.85. The molecule has 0 aliphatic heterocycles. The molecule has 0 heterocycles. The number of nitrogens with one attached hydrogen (secondary N) is 2. The first kappa shape index (κ1) is 29.9. The van der Waals surface area contributed by atoms with Crippen LogP contribution in [0.1, 0.15) is 73.6 Å². The van der Waals surface area contributed by atoms with Crippen LogP contribution in [0.25, 0.3) is 0 Å². The number of halogens is 1. The van der Waals surface area contributed by atoms with Crippen LogP contribution in [0.3, 0.4) is 0 Å². The van der Waals surface area contributed by atoms with Crippen LogP contribution in [-0.4, -0.2) is 50.5 Å². The van der Waals surface area contributed by atoms with E-state index >= 15 is 0 Å². The number of hydrogen-bond donors (Lipinski definition) is 2. The molecule has 2 aliphatic rings. The molecule has 10 heteroatoms. The molecule has 2 saturated carbocycles. The van der Waals surface area contributed by atoms with E-state index in [1.807, 2.05) is 20.8 Å². The quantitative estimate of drug-likeness (QED) is 0.442. The molecule has 2 N–H and O–H groups in total. The van der Waals surface area contributed by atoms with Gasteiger partial charge in [-0.2, -0.15) is 0 Å². The van der Waals surface area contributed by atoms with Gasteiger partial charge in [-0.25, -0.2) is 17.6 Å². The van der Waals surface area contributed by atoms with Gasteiger partial charge in [-0.05, 0) is 82.6 Å². The first-order valence-corrected chi connectivity index (χ1v) is 14.7. The minimum absolute atomic E-state index is 0.0000279. The molecule has 2 fully saturated rings. The lowest BCUT2D eigenvalue weighted by molar-refractivity contribution is -0.130. The summed E-state index contributed by atoms with van der Waals surface area (Å²) in [5.74, 6) is 0.419. The molecule has 1 aromatic carbocycles. The predicted octanol–water partition coefficient (Wildman–Crippen LogP) is 5.08. The lowest BCUT2D eigenvalue weighted by Crippen LogP contribution is -2.49. The third kappa shape index (κ3) is 7.71. The van der Waals surface area contributed by atoms with Crippen LogP contribution in [0.2, 0.25) is 0 Å². The number of benzene rings is 1. The Morgan fingerprint density at radius 1 is 1.03 bits per heavy atom. The highest BCUT2D eigenvalue weighted by atomic mass is 32.2. The summed E-state index contributed by atoms with van der Waals surface area (Å²) in [6, 6.07) is 6.08. The molecule has 212 valence electrons. The number of carbonyl (C=O) groups is 2. The lowest BCUT2D eigenvalue weighted by Gasteiger charge is -2.31. The summed E-state index contributed by atoms with van der Waals surface area (Å²) >= 11 is 0. The summed E-state index contributed by atoms with van der Waals surface area (Å²) < 4.78 is 50.5. The molecule has 0 radical (unpaired) electrons. The first-order valence-electron chi connectivity index (χ1n) is 13.0. The normalized spacial score (nSPS) is 23.7. The molecule has 0 spiro atoms. The Morgan fingerprint density at radius 3 is 2.16 bits per heavy atom. The highest BCUT2D eigenvalue weighted by Gasteiger charge is 2.56. The van der Waals surface area contributed by atoms with Crippen LogP contribution in [0.5, 0.6) is 5.75 Å². The Balaban J connectivity index is 1.55. The maximum atomic E-state index is 13.3. The summed E-state index contributed by atoms with van der Waals surface area (Å²) in [6.07, 6.45) is 3.51. The number of hydrogen-bond acceptors (Lipinski definition) is 6. The number of ether oxygens (including phenoxy) is 2. The SMILES string of the molecule is CC(C)(C)OC(=O)NC/C(=C\F)COc1ccc(S(=O)(=O)CC23CCC(NC(=O)C(C)(C)C)(CC2)C3)cc1. The van der Waals surface area contributed by atoms with Crippen LogP contribution in [0.15, 0.2) is 41.1 Å². The van der Waals surface area contributed by atoms with Gasteiger partial charge < -0.3 is 20.1 Å². The second-order valence-electron chi connectivity index (χ2n) is 12.8. The molecule has 3 rings (SSSR count). The average Bonchev–Trinajstić information content (AvgIpc) is 3.32. The molecule has 1 aromatic rings. The molecule has 0 unspecified atom stereocenters. The van der Waals surface area contributed by atoms with E-state index in [1.165, 1.54) is 12.1 Å². The second kappa shape index (κ2) is 10.9. The minimum atomic E-state index is -3.56. The van der Waals surface area contributed by atoms with Gasteiger partial charge in [0.2, 0.25) is 5.91 Å². The van der Waals surface area contributed by atoms with Crippen molar-refractivity contribution < 1.29 is 31.9 Å². The van der Waals surface area contributed by atoms with Gasteiger partial charge >= 0.3 is 6.09 Å². The Hall–Kier alpha value is -2.62. The smallest absolute Gasteiger partial charge is 0.407 e. The fraction of sp³-hybridized carbons (Fsp3) is 0.643. The number of amides is 2. The maximum absolute atomic E-state index is 13.3. The monoisotopic (exact) mass is 552 g/mol. The van der Waals surface area contributed by atoms with Gasteiger partial charge in [0.05, 0.1) is 17.0 Å². The molecule has 0 atom stereocenters. The van der Waals surface area contributed by atoms with Gasteiger partial charge in [-0.1, -0.05) is 20.8 Å². The summed E-state index contributed by atoms with van der Waals surface area (Å²) in [7, 11) is -3.56. The van der Waals surface area contributed by atoms with Crippen molar-refractivity contribution in [3.8, 4) is 5.75 Å². The maximum Gasteiger partial charge on any atom is 0.407 e. The van der Waals surface area contributed by atoms with Gasteiger partial charge in [0.25, 0.3) is 0 Å². The number of carbonyl (C=O) groups excluding carboxylic acids is 2. The second-order valence-corrected chi connectivity index (χ2v) is 14.8. The number of sulfone groups is 1. The Kier molecular flexibility index (Phi) is 8.56. The van der Waals surface area contributed by atoms with Crippen molar-refractivity contribution >= 4 is 21.8 Å². The van der Waals surface area contributed by atoms with E-state index in [4.69, 9.17) is 9.47 Å². The van der Waals surface area contributed by atoms with Gasteiger partial charge in [-0.3, -0.25) is 4.79 Å². The topological polar surface area (TPSA) is 111 Å². The summed E-state index contributed by atoms with van der Waals surface area (Å²) in [5, 5.41) is 5.69. The minimum Gasteiger partial charge on any atom is -0.489 e. The van der Waals surface area contributed by atoms with Gasteiger partial charge in [0.15, 0.2) is 9.84 Å². The molecular weight excluding hydrogens is 511 g/mol. The summed E-state index contributed by atoms with van der Waals surface area (Å²) in [6.45, 7) is 10.6. The predicted molar refractivity (Wildman–Crippen MR) is 143 cm³/mol. The van der Waals surface area contributed by atoms with E-state index in [9.17, 15) is 22.4 Å². The van der Waals surface area contributed by atoms with E-state index in [0.29, 0.717) is 18.5 Å². The summed E-state index contributed by atoms with van der Waals surface area (Å²) in [4.78, 5) is 24.6. The highest BCUT2D eigenvalue weighted by Crippen LogP contribution is 2.57. The molecular formula is C28H41FN2O6S.